The Balaban J connectivity index is 1.47. The number of amides is 2. The molecular formula is C17H23N5O4. The van der Waals surface area contributed by atoms with E-state index in [1.165, 1.54) is 6.20 Å². The zero-order valence-corrected chi connectivity index (χ0v) is 14.7. The number of anilines is 1. The van der Waals surface area contributed by atoms with Crippen molar-refractivity contribution in [3.8, 4) is 0 Å². The molecule has 1 aliphatic carbocycles. The predicted molar refractivity (Wildman–Crippen MR) is 92.6 cm³/mol. The summed E-state index contributed by atoms with van der Waals surface area (Å²) in [4.78, 5) is 23.6. The second kappa shape index (κ2) is 8.50. The fourth-order valence-electron chi connectivity index (χ4n) is 3.04. The number of aromatic nitrogens is 3. The first kappa shape index (κ1) is 18.0. The molecule has 0 radical (unpaired) electrons. The van der Waals surface area contributed by atoms with Crippen molar-refractivity contribution in [3.05, 3.63) is 29.8 Å². The van der Waals surface area contributed by atoms with Crippen molar-refractivity contribution in [2.45, 2.75) is 51.0 Å². The van der Waals surface area contributed by atoms with E-state index in [9.17, 15) is 9.59 Å². The van der Waals surface area contributed by atoms with E-state index < -0.39 is 0 Å². The molecule has 1 unspecified atom stereocenters. The van der Waals surface area contributed by atoms with Crippen LogP contribution in [0.3, 0.4) is 0 Å². The summed E-state index contributed by atoms with van der Waals surface area (Å²) in [6.07, 6.45) is 4.49. The van der Waals surface area contributed by atoms with Crippen LogP contribution in [0.5, 0.6) is 0 Å². The summed E-state index contributed by atoms with van der Waals surface area (Å²) in [7, 11) is 0. The Morgan fingerprint density at radius 3 is 3.08 bits per heavy atom. The number of nitrogens with one attached hydrogen (secondary N) is 3. The predicted octanol–water partition coefficient (Wildman–Crippen LogP) is 2.35. The summed E-state index contributed by atoms with van der Waals surface area (Å²) >= 11 is 0. The molecule has 0 bridgehead atoms. The van der Waals surface area contributed by atoms with Gasteiger partial charge in [0.15, 0.2) is 5.82 Å². The Hall–Kier alpha value is -2.84. The van der Waals surface area contributed by atoms with Crippen LogP contribution in [0.15, 0.2) is 22.9 Å². The quantitative estimate of drug-likeness (QED) is 0.696. The molecule has 140 valence electrons. The van der Waals surface area contributed by atoms with Gasteiger partial charge in [0.05, 0.1) is 12.6 Å². The van der Waals surface area contributed by atoms with Gasteiger partial charge in [-0.15, -0.1) is 0 Å². The van der Waals surface area contributed by atoms with Crippen LogP contribution in [-0.4, -0.2) is 40.0 Å². The van der Waals surface area contributed by atoms with Crippen molar-refractivity contribution in [2.24, 2.45) is 0 Å². The number of carbonyl (C=O) groups excluding carboxylic acids is 2. The lowest BCUT2D eigenvalue weighted by Crippen LogP contribution is -2.28. The zero-order valence-electron chi connectivity index (χ0n) is 14.7. The molecule has 0 aromatic carbocycles. The van der Waals surface area contributed by atoms with E-state index in [1.807, 2.05) is 13.0 Å². The van der Waals surface area contributed by atoms with Crippen molar-refractivity contribution in [3.63, 3.8) is 0 Å². The summed E-state index contributed by atoms with van der Waals surface area (Å²) in [6, 6.07) is 3.47. The molecule has 26 heavy (non-hydrogen) atoms. The number of alkyl carbamates (subject to hydrolysis) is 1. The maximum absolute atomic E-state index is 12.0. The Labute approximate surface area is 150 Å². The maximum Gasteiger partial charge on any atom is 0.407 e. The average Bonchev–Trinajstić information content (AvgIpc) is 3.35. The van der Waals surface area contributed by atoms with Crippen molar-refractivity contribution in [2.75, 3.05) is 11.9 Å². The van der Waals surface area contributed by atoms with Gasteiger partial charge in [-0.1, -0.05) is 12.1 Å². The molecule has 1 aliphatic rings. The van der Waals surface area contributed by atoms with E-state index in [1.54, 1.807) is 6.07 Å². The second-order valence-electron chi connectivity index (χ2n) is 6.38. The van der Waals surface area contributed by atoms with Gasteiger partial charge in [0.1, 0.15) is 11.9 Å². The number of rotatable bonds is 7. The summed E-state index contributed by atoms with van der Waals surface area (Å²) in [6.45, 7) is 2.61. The van der Waals surface area contributed by atoms with Crippen LogP contribution in [0.1, 0.15) is 50.0 Å². The van der Waals surface area contributed by atoms with Crippen LogP contribution < -0.4 is 10.6 Å². The minimum absolute atomic E-state index is 0.0929. The van der Waals surface area contributed by atoms with Gasteiger partial charge in [0.2, 0.25) is 5.91 Å². The Morgan fingerprint density at radius 1 is 1.42 bits per heavy atom. The fraction of sp³-hybridized carbons (Fsp3) is 0.529. The average molecular weight is 361 g/mol. The molecule has 2 heterocycles. The third-order valence-electron chi connectivity index (χ3n) is 4.31. The minimum Gasteiger partial charge on any atom is -0.446 e. The highest BCUT2D eigenvalue weighted by atomic mass is 16.6. The molecule has 9 nitrogen and oxygen atoms in total. The fourth-order valence-corrected chi connectivity index (χ4v) is 3.04. The molecule has 0 saturated heterocycles. The zero-order chi connectivity index (χ0) is 18.4. The van der Waals surface area contributed by atoms with Gasteiger partial charge in [-0.3, -0.25) is 9.89 Å². The number of nitrogens with zero attached hydrogens (tertiary/aromatic N) is 2. The molecular weight excluding hydrogens is 338 g/mol. The molecule has 2 amide bonds. The van der Waals surface area contributed by atoms with E-state index >= 15 is 0 Å². The molecule has 0 spiro atoms. The van der Waals surface area contributed by atoms with E-state index in [-0.39, 0.29) is 30.4 Å². The maximum atomic E-state index is 12.0. The van der Waals surface area contributed by atoms with Gasteiger partial charge in [-0.05, 0) is 25.7 Å². The normalized spacial score (nSPS) is 19.3. The number of hydrogen-bond acceptors (Lipinski definition) is 6. The lowest BCUT2D eigenvalue weighted by Gasteiger charge is -2.12. The molecule has 1 fully saturated rings. The van der Waals surface area contributed by atoms with Gasteiger partial charge >= 0.3 is 6.09 Å². The first-order valence-corrected chi connectivity index (χ1v) is 8.83. The van der Waals surface area contributed by atoms with Gasteiger partial charge < -0.3 is 19.9 Å². The lowest BCUT2D eigenvalue weighted by molar-refractivity contribution is -0.115. The monoisotopic (exact) mass is 361 g/mol. The first-order valence-electron chi connectivity index (χ1n) is 8.83. The van der Waals surface area contributed by atoms with Crippen LogP contribution in [0.2, 0.25) is 0 Å². The van der Waals surface area contributed by atoms with Gasteiger partial charge in [-0.2, -0.15) is 5.10 Å². The van der Waals surface area contributed by atoms with Crippen LogP contribution in [0.25, 0.3) is 0 Å². The number of aromatic amines is 1. The van der Waals surface area contributed by atoms with Crippen LogP contribution in [-0.2, 0) is 16.0 Å². The van der Waals surface area contributed by atoms with Crippen molar-refractivity contribution < 1.29 is 18.8 Å². The highest BCUT2D eigenvalue weighted by Gasteiger charge is 2.30. The topological polar surface area (TPSA) is 122 Å². The summed E-state index contributed by atoms with van der Waals surface area (Å²) < 4.78 is 10.3. The number of hydrogen-bond donors (Lipinski definition) is 3. The number of H-pyrrole nitrogens is 1. The van der Waals surface area contributed by atoms with E-state index in [0.29, 0.717) is 18.1 Å². The molecule has 2 atom stereocenters. The number of carbonyl (C=O) groups is 2. The third kappa shape index (κ3) is 4.84. The molecule has 2 aromatic rings. The minimum atomic E-state index is -0.359. The van der Waals surface area contributed by atoms with Crippen LogP contribution in [0.4, 0.5) is 10.6 Å². The van der Waals surface area contributed by atoms with Crippen LogP contribution >= 0.6 is 0 Å². The highest BCUT2D eigenvalue weighted by Crippen LogP contribution is 2.35. The smallest absolute Gasteiger partial charge is 0.407 e. The van der Waals surface area contributed by atoms with E-state index in [2.05, 4.69) is 26.0 Å². The third-order valence-corrected chi connectivity index (χ3v) is 4.31. The molecule has 3 N–H and O–H groups in total. The standard InChI is InChI=1S/C17H23N5O4/c1-2-6-18-17(24)25-12-4-3-11(8-12)14-10-15(22-21-14)20-16(23)9-13-5-7-19-26-13/h5,7,10-12H,2-4,6,8-9H2,1H3,(H,18,24)(H2,20,21,22,23)/t11-,12?/m0/s1. The molecule has 9 heteroatoms. The van der Waals surface area contributed by atoms with Gasteiger partial charge in [0, 0.05) is 30.3 Å². The van der Waals surface area contributed by atoms with Crippen molar-refractivity contribution in [1.29, 1.82) is 0 Å². The molecule has 1 saturated carbocycles. The summed E-state index contributed by atoms with van der Waals surface area (Å²) in [5.41, 5.74) is 0.931. The molecule has 3 rings (SSSR count). The summed E-state index contributed by atoms with van der Waals surface area (Å²) in [5.74, 6) is 0.969. The van der Waals surface area contributed by atoms with Gasteiger partial charge in [-0.25, -0.2) is 4.79 Å². The highest BCUT2D eigenvalue weighted by molar-refractivity contribution is 5.91. The number of ether oxygens (including phenoxy) is 1. The lowest BCUT2D eigenvalue weighted by atomic mass is 10.0. The van der Waals surface area contributed by atoms with Crippen LogP contribution in [0, 0.1) is 0 Å². The van der Waals surface area contributed by atoms with E-state index in [0.717, 1.165) is 31.4 Å². The second-order valence-corrected chi connectivity index (χ2v) is 6.38. The van der Waals surface area contributed by atoms with Gasteiger partial charge in [0.25, 0.3) is 0 Å². The first-order chi connectivity index (χ1) is 12.6. The Kier molecular flexibility index (Phi) is 5.88. The molecule has 0 aliphatic heterocycles. The largest absolute Gasteiger partial charge is 0.446 e. The van der Waals surface area contributed by atoms with Crippen molar-refractivity contribution in [1.82, 2.24) is 20.7 Å². The Bertz CT molecular complexity index is 727. The SMILES string of the molecule is CCCNC(=O)OC1CC[C@H](c2cc(NC(=O)Cc3ccno3)n[nH]2)C1. The molecule has 2 aromatic heterocycles. The Morgan fingerprint density at radius 2 is 2.31 bits per heavy atom. The summed E-state index contributed by atoms with van der Waals surface area (Å²) in [5, 5.41) is 16.1. The van der Waals surface area contributed by atoms with Crippen molar-refractivity contribution >= 4 is 17.8 Å². The van der Waals surface area contributed by atoms with E-state index in [4.69, 9.17) is 9.26 Å².